The van der Waals surface area contributed by atoms with Crippen LogP contribution in [0.1, 0.15) is 16.9 Å². The van der Waals surface area contributed by atoms with Crippen molar-refractivity contribution in [3.63, 3.8) is 0 Å². The third kappa shape index (κ3) is 2.67. The number of carbonyl (C=O) groups excluding carboxylic acids is 1. The molecule has 0 aliphatic carbocycles. The summed E-state index contributed by atoms with van der Waals surface area (Å²) in [5, 5.41) is 7.16. The highest BCUT2D eigenvalue weighted by atomic mass is 16.5. The van der Waals surface area contributed by atoms with Crippen LogP contribution in [0.25, 0.3) is 10.9 Å². The van der Waals surface area contributed by atoms with Gasteiger partial charge in [-0.3, -0.25) is 4.79 Å². The second-order valence-corrected chi connectivity index (χ2v) is 5.14. The van der Waals surface area contributed by atoms with Gasteiger partial charge in [0.25, 0.3) is 5.91 Å². The fourth-order valence-corrected chi connectivity index (χ4v) is 2.62. The quantitative estimate of drug-likeness (QED) is 0.792. The molecule has 6 heteroatoms. The lowest BCUT2D eigenvalue weighted by Crippen LogP contribution is -2.36. The Labute approximate surface area is 122 Å². The molecule has 3 N–H and O–H groups in total. The van der Waals surface area contributed by atoms with Crippen molar-refractivity contribution >= 4 is 16.8 Å². The number of carbonyl (C=O) groups is 1. The van der Waals surface area contributed by atoms with Gasteiger partial charge in [0.2, 0.25) is 0 Å². The summed E-state index contributed by atoms with van der Waals surface area (Å²) in [4.78, 5) is 15.4. The maximum Gasteiger partial charge on any atom is 0.267 e. The lowest BCUT2D eigenvalue weighted by molar-refractivity contribution is 0.0936. The minimum absolute atomic E-state index is 0.0853. The number of hydrogen-bond acceptors (Lipinski definition) is 4. The van der Waals surface area contributed by atoms with E-state index in [1.54, 1.807) is 14.2 Å². The molecule has 1 aliphatic rings. The summed E-state index contributed by atoms with van der Waals surface area (Å²) in [7, 11) is 3.18. The number of aromatic nitrogens is 1. The molecule has 21 heavy (non-hydrogen) atoms. The van der Waals surface area contributed by atoms with Gasteiger partial charge in [0.05, 0.1) is 14.2 Å². The first kappa shape index (κ1) is 13.8. The van der Waals surface area contributed by atoms with E-state index >= 15 is 0 Å². The average Bonchev–Trinajstić information content (AvgIpc) is 3.13. The summed E-state index contributed by atoms with van der Waals surface area (Å²) >= 11 is 0. The van der Waals surface area contributed by atoms with E-state index in [4.69, 9.17) is 9.47 Å². The molecule has 1 fully saturated rings. The van der Waals surface area contributed by atoms with Gasteiger partial charge in [0.15, 0.2) is 11.5 Å². The summed E-state index contributed by atoms with van der Waals surface area (Å²) in [5.74, 6) is 1.20. The van der Waals surface area contributed by atoms with Crippen molar-refractivity contribution in [3.05, 3.63) is 23.9 Å². The van der Waals surface area contributed by atoms with Crippen LogP contribution in [0.2, 0.25) is 0 Å². The van der Waals surface area contributed by atoms with E-state index in [9.17, 15) is 4.79 Å². The monoisotopic (exact) mass is 289 g/mol. The Bertz CT molecular complexity index is 618. The van der Waals surface area contributed by atoms with Gasteiger partial charge in [-0.1, -0.05) is 0 Å². The molecule has 6 nitrogen and oxygen atoms in total. The van der Waals surface area contributed by atoms with Crippen LogP contribution in [0.15, 0.2) is 18.2 Å². The first-order chi connectivity index (χ1) is 10.2. The van der Waals surface area contributed by atoms with Crippen LogP contribution in [0, 0.1) is 0 Å². The SMILES string of the molecule is COc1cc2cc(C(=O)N[C@@H]3CCNC3)[nH]c2cc1OC. The topological polar surface area (TPSA) is 75.4 Å². The van der Waals surface area contributed by atoms with Crippen LogP contribution in [-0.2, 0) is 0 Å². The number of benzene rings is 1. The Hall–Kier alpha value is -2.21. The van der Waals surface area contributed by atoms with Crippen LogP contribution < -0.4 is 20.1 Å². The first-order valence-corrected chi connectivity index (χ1v) is 6.97. The highest BCUT2D eigenvalue weighted by Gasteiger charge is 2.19. The number of fused-ring (bicyclic) bond motifs is 1. The van der Waals surface area contributed by atoms with E-state index in [2.05, 4.69) is 15.6 Å². The van der Waals surface area contributed by atoms with Gasteiger partial charge in [-0.25, -0.2) is 0 Å². The van der Waals surface area contributed by atoms with Crippen LogP contribution in [0.5, 0.6) is 11.5 Å². The van der Waals surface area contributed by atoms with E-state index in [-0.39, 0.29) is 11.9 Å². The minimum atomic E-state index is -0.0853. The van der Waals surface area contributed by atoms with E-state index in [1.165, 1.54) is 0 Å². The van der Waals surface area contributed by atoms with E-state index in [0.29, 0.717) is 17.2 Å². The number of ether oxygens (including phenoxy) is 2. The largest absolute Gasteiger partial charge is 0.493 e. The van der Waals surface area contributed by atoms with Crippen molar-refractivity contribution in [1.82, 2.24) is 15.6 Å². The summed E-state index contributed by atoms with van der Waals surface area (Å²) < 4.78 is 10.5. The second-order valence-electron chi connectivity index (χ2n) is 5.14. The molecule has 0 spiro atoms. The third-order valence-corrected chi connectivity index (χ3v) is 3.77. The van der Waals surface area contributed by atoms with Crippen molar-refractivity contribution in [2.75, 3.05) is 27.3 Å². The number of H-pyrrole nitrogens is 1. The molecule has 1 aromatic carbocycles. The molecule has 3 rings (SSSR count). The van der Waals surface area contributed by atoms with Crippen molar-refractivity contribution in [1.29, 1.82) is 0 Å². The van der Waals surface area contributed by atoms with Gasteiger partial charge in [-0.15, -0.1) is 0 Å². The standard InChI is InChI=1S/C15H19N3O3/c1-20-13-6-9-5-12(18-11(9)7-14(13)21-2)15(19)17-10-3-4-16-8-10/h5-7,10,16,18H,3-4,8H2,1-2H3,(H,17,19)/t10-/m1/s1. The smallest absolute Gasteiger partial charge is 0.267 e. The van der Waals surface area contributed by atoms with Crippen molar-refractivity contribution in [2.45, 2.75) is 12.5 Å². The Morgan fingerprint density at radius 1 is 1.24 bits per heavy atom. The van der Waals surface area contributed by atoms with Crippen LogP contribution in [0.3, 0.4) is 0 Å². The Morgan fingerprint density at radius 2 is 2.00 bits per heavy atom. The molecule has 2 aromatic rings. The van der Waals surface area contributed by atoms with Crippen LogP contribution in [0.4, 0.5) is 0 Å². The summed E-state index contributed by atoms with van der Waals surface area (Å²) in [5.41, 5.74) is 1.40. The zero-order valence-corrected chi connectivity index (χ0v) is 12.2. The molecule has 0 radical (unpaired) electrons. The Balaban J connectivity index is 1.87. The van der Waals surface area contributed by atoms with Gasteiger partial charge < -0.3 is 25.1 Å². The van der Waals surface area contributed by atoms with Gasteiger partial charge in [-0.2, -0.15) is 0 Å². The summed E-state index contributed by atoms with van der Waals surface area (Å²) in [6.45, 7) is 1.78. The molecule has 1 atom stereocenters. The maximum absolute atomic E-state index is 12.2. The highest BCUT2D eigenvalue weighted by molar-refractivity contribution is 5.98. The van der Waals surface area contributed by atoms with Gasteiger partial charge in [0.1, 0.15) is 5.69 Å². The van der Waals surface area contributed by atoms with E-state index in [1.807, 2.05) is 18.2 Å². The van der Waals surface area contributed by atoms with Gasteiger partial charge >= 0.3 is 0 Å². The molecule has 0 saturated carbocycles. The molecule has 1 aromatic heterocycles. The van der Waals surface area contributed by atoms with Gasteiger partial charge in [-0.05, 0) is 25.1 Å². The fourth-order valence-electron chi connectivity index (χ4n) is 2.62. The van der Waals surface area contributed by atoms with Crippen LogP contribution in [-0.4, -0.2) is 44.2 Å². The molecule has 2 heterocycles. The lowest BCUT2D eigenvalue weighted by Gasteiger charge is -2.09. The van der Waals surface area contributed by atoms with Crippen molar-refractivity contribution < 1.29 is 14.3 Å². The number of methoxy groups -OCH3 is 2. The zero-order valence-electron chi connectivity index (χ0n) is 12.2. The summed E-state index contributed by atoms with van der Waals surface area (Å²) in [6.07, 6.45) is 0.966. The number of rotatable bonds is 4. The lowest BCUT2D eigenvalue weighted by atomic mass is 10.2. The molecule has 1 amide bonds. The average molecular weight is 289 g/mol. The molecule has 1 saturated heterocycles. The van der Waals surface area contributed by atoms with E-state index < -0.39 is 0 Å². The maximum atomic E-state index is 12.2. The summed E-state index contributed by atoms with van der Waals surface area (Å²) in [6, 6.07) is 5.73. The number of hydrogen-bond donors (Lipinski definition) is 3. The molecule has 0 bridgehead atoms. The molecule has 1 aliphatic heterocycles. The molecule has 0 unspecified atom stereocenters. The van der Waals surface area contributed by atoms with Gasteiger partial charge in [0, 0.05) is 29.6 Å². The van der Waals surface area contributed by atoms with E-state index in [0.717, 1.165) is 30.4 Å². The predicted octanol–water partition coefficient (Wildman–Crippen LogP) is 1.28. The Morgan fingerprint density at radius 3 is 2.67 bits per heavy atom. The normalized spacial score (nSPS) is 17.9. The predicted molar refractivity (Wildman–Crippen MR) is 80.1 cm³/mol. The van der Waals surface area contributed by atoms with Crippen LogP contribution >= 0.6 is 0 Å². The molecular weight excluding hydrogens is 270 g/mol. The molecule has 112 valence electrons. The second kappa shape index (κ2) is 5.65. The first-order valence-electron chi connectivity index (χ1n) is 6.97. The fraction of sp³-hybridized carbons (Fsp3) is 0.400. The minimum Gasteiger partial charge on any atom is -0.493 e. The number of amides is 1. The number of aromatic amines is 1. The number of nitrogens with one attached hydrogen (secondary N) is 3. The Kier molecular flexibility index (Phi) is 3.70. The molecular formula is C15H19N3O3. The van der Waals surface area contributed by atoms with Crippen molar-refractivity contribution in [3.8, 4) is 11.5 Å². The van der Waals surface area contributed by atoms with Crippen molar-refractivity contribution in [2.24, 2.45) is 0 Å². The third-order valence-electron chi connectivity index (χ3n) is 3.77. The highest BCUT2D eigenvalue weighted by Crippen LogP contribution is 2.32. The zero-order chi connectivity index (χ0) is 14.8.